The van der Waals surface area contributed by atoms with Crippen LogP contribution in [0, 0.1) is 5.92 Å². The molecule has 2 atom stereocenters. The molecule has 3 aliphatic rings. The monoisotopic (exact) mass is 361 g/mol. The molecule has 0 aromatic carbocycles. The SMILES string of the molecule is C[C@@H]1CCCC[C@@]12NC(=O)N(CC(=O)N1CCc3sccc3C1)C2=O. The van der Waals surface area contributed by atoms with Crippen molar-refractivity contribution in [1.82, 2.24) is 15.1 Å². The minimum absolute atomic E-state index is 0.112. The number of nitrogens with zero attached hydrogens (tertiary/aromatic N) is 2. The highest BCUT2D eigenvalue weighted by Crippen LogP contribution is 2.38. The zero-order valence-corrected chi connectivity index (χ0v) is 15.2. The molecule has 1 spiro atoms. The van der Waals surface area contributed by atoms with Crippen LogP contribution in [0.1, 0.15) is 43.0 Å². The minimum Gasteiger partial charge on any atom is -0.336 e. The number of nitrogens with one attached hydrogen (secondary N) is 1. The van der Waals surface area contributed by atoms with Gasteiger partial charge in [-0.15, -0.1) is 11.3 Å². The molecule has 1 aromatic heterocycles. The molecule has 2 fully saturated rings. The smallest absolute Gasteiger partial charge is 0.325 e. The number of amides is 4. The van der Waals surface area contributed by atoms with E-state index in [0.717, 1.165) is 30.6 Å². The molecule has 0 radical (unpaired) electrons. The van der Waals surface area contributed by atoms with E-state index >= 15 is 0 Å². The molecule has 134 valence electrons. The molecule has 1 saturated carbocycles. The summed E-state index contributed by atoms with van der Waals surface area (Å²) in [6.07, 6.45) is 4.47. The van der Waals surface area contributed by atoms with Crippen LogP contribution in [0.2, 0.25) is 0 Å². The van der Waals surface area contributed by atoms with Gasteiger partial charge in [0.05, 0.1) is 0 Å². The molecule has 0 unspecified atom stereocenters. The van der Waals surface area contributed by atoms with Gasteiger partial charge in [-0.2, -0.15) is 0 Å². The standard InChI is InChI=1S/C18H23N3O3S/c1-12-4-2-3-7-18(12)16(23)21(17(24)19-18)11-15(22)20-8-5-14-13(10-20)6-9-25-14/h6,9,12H,2-5,7-8,10-11H2,1H3,(H,19,24)/t12-,18-/m1/s1. The summed E-state index contributed by atoms with van der Waals surface area (Å²) in [5.41, 5.74) is 0.386. The molecule has 7 heteroatoms. The molecule has 6 nitrogen and oxygen atoms in total. The Balaban J connectivity index is 1.46. The number of imide groups is 1. The van der Waals surface area contributed by atoms with Crippen molar-refractivity contribution in [1.29, 1.82) is 0 Å². The van der Waals surface area contributed by atoms with Crippen LogP contribution in [-0.2, 0) is 22.6 Å². The van der Waals surface area contributed by atoms with Gasteiger partial charge in [0.1, 0.15) is 12.1 Å². The van der Waals surface area contributed by atoms with Crippen LogP contribution in [0.3, 0.4) is 0 Å². The van der Waals surface area contributed by atoms with E-state index in [1.807, 2.05) is 18.4 Å². The van der Waals surface area contributed by atoms with Crippen LogP contribution in [0.25, 0.3) is 0 Å². The van der Waals surface area contributed by atoms with Crippen molar-refractivity contribution in [3.63, 3.8) is 0 Å². The van der Waals surface area contributed by atoms with Crippen molar-refractivity contribution < 1.29 is 14.4 Å². The number of hydrogen-bond donors (Lipinski definition) is 1. The fraction of sp³-hybridized carbons (Fsp3) is 0.611. The summed E-state index contributed by atoms with van der Waals surface area (Å²) in [7, 11) is 0. The molecule has 2 aliphatic heterocycles. The Morgan fingerprint density at radius 1 is 1.40 bits per heavy atom. The lowest BCUT2D eigenvalue weighted by atomic mass is 9.73. The number of thiophene rings is 1. The first-order valence-corrected chi connectivity index (χ1v) is 9.86. The third kappa shape index (κ3) is 2.65. The van der Waals surface area contributed by atoms with Crippen LogP contribution < -0.4 is 5.32 Å². The van der Waals surface area contributed by atoms with Gasteiger partial charge in [0, 0.05) is 18.0 Å². The summed E-state index contributed by atoms with van der Waals surface area (Å²) in [5, 5.41) is 4.95. The second kappa shape index (κ2) is 6.12. The zero-order chi connectivity index (χ0) is 17.6. The van der Waals surface area contributed by atoms with Crippen molar-refractivity contribution in [3.8, 4) is 0 Å². The van der Waals surface area contributed by atoms with Crippen molar-refractivity contribution in [2.75, 3.05) is 13.1 Å². The summed E-state index contributed by atoms with van der Waals surface area (Å²) >= 11 is 1.72. The minimum atomic E-state index is -0.794. The summed E-state index contributed by atoms with van der Waals surface area (Å²) in [5.74, 6) is -0.256. The van der Waals surface area contributed by atoms with Crippen LogP contribution in [0.5, 0.6) is 0 Å². The van der Waals surface area contributed by atoms with Gasteiger partial charge in [0.15, 0.2) is 0 Å². The number of rotatable bonds is 2. The van der Waals surface area contributed by atoms with Crippen LogP contribution in [-0.4, -0.2) is 46.3 Å². The molecule has 1 saturated heterocycles. The fourth-order valence-electron chi connectivity index (χ4n) is 4.34. The van der Waals surface area contributed by atoms with Crippen LogP contribution >= 0.6 is 11.3 Å². The highest BCUT2D eigenvalue weighted by molar-refractivity contribution is 7.10. The molecule has 4 amide bonds. The Hall–Kier alpha value is -1.89. The van der Waals surface area contributed by atoms with E-state index in [2.05, 4.69) is 5.32 Å². The molecule has 1 aliphatic carbocycles. The van der Waals surface area contributed by atoms with E-state index in [4.69, 9.17) is 0 Å². The Kier molecular flexibility index (Phi) is 4.06. The van der Waals surface area contributed by atoms with Crippen molar-refractivity contribution in [2.45, 2.75) is 51.1 Å². The summed E-state index contributed by atoms with van der Waals surface area (Å²) in [4.78, 5) is 42.3. The van der Waals surface area contributed by atoms with E-state index in [0.29, 0.717) is 19.5 Å². The highest BCUT2D eigenvalue weighted by Gasteiger charge is 2.55. The molecular formula is C18H23N3O3S. The second-order valence-electron chi connectivity index (χ2n) is 7.37. The van der Waals surface area contributed by atoms with Gasteiger partial charge < -0.3 is 10.2 Å². The predicted molar refractivity (Wildman–Crippen MR) is 94.0 cm³/mol. The normalized spacial score (nSPS) is 29.1. The van der Waals surface area contributed by atoms with Gasteiger partial charge in [-0.25, -0.2) is 4.79 Å². The first-order chi connectivity index (χ1) is 12.0. The maximum absolute atomic E-state index is 13.0. The largest absolute Gasteiger partial charge is 0.336 e. The molecular weight excluding hydrogens is 338 g/mol. The lowest BCUT2D eigenvalue weighted by Crippen LogP contribution is -2.54. The number of hydrogen-bond acceptors (Lipinski definition) is 4. The predicted octanol–water partition coefficient (Wildman–Crippen LogP) is 2.13. The van der Waals surface area contributed by atoms with E-state index in [1.54, 1.807) is 16.2 Å². The topological polar surface area (TPSA) is 69.7 Å². The molecule has 25 heavy (non-hydrogen) atoms. The first-order valence-electron chi connectivity index (χ1n) is 8.98. The van der Waals surface area contributed by atoms with Gasteiger partial charge in [0.25, 0.3) is 5.91 Å². The number of fused-ring (bicyclic) bond motifs is 1. The van der Waals surface area contributed by atoms with Crippen molar-refractivity contribution in [2.24, 2.45) is 5.92 Å². The third-order valence-corrected chi connectivity index (χ3v) is 6.98. The Bertz CT molecular complexity index is 731. The Morgan fingerprint density at radius 3 is 3.04 bits per heavy atom. The summed E-state index contributed by atoms with van der Waals surface area (Å²) < 4.78 is 0. The maximum Gasteiger partial charge on any atom is 0.325 e. The maximum atomic E-state index is 13.0. The van der Waals surface area contributed by atoms with Crippen molar-refractivity contribution >= 4 is 29.2 Å². The van der Waals surface area contributed by atoms with E-state index in [9.17, 15) is 14.4 Å². The quantitative estimate of drug-likeness (QED) is 0.821. The molecule has 0 bridgehead atoms. The summed E-state index contributed by atoms with van der Waals surface area (Å²) in [6.45, 7) is 3.09. The Labute approximate surface area is 151 Å². The zero-order valence-electron chi connectivity index (χ0n) is 14.4. The van der Waals surface area contributed by atoms with Crippen molar-refractivity contribution in [3.05, 3.63) is 21.9 Å². The van der Waals surface area contributed by atoms with Gasteiger partial charge in [-0.3, -0.25) is 14.5 Å². The lowest BCUT2D eigenvalue weighted by Gasteiger charge is -2.37. The molecule has 4 rings (SSSR count). The highest BCUT2D eigenvalue weighted by atomic mass is 32.1. The second-order valence-corrected chi connectivity index (χ2v) is 8.37. The van der Waals surface area contributed by atoms with Crippen LogP contribution in [0.4, 0.5) is 4.79 Å². The number of carbonyl (C=O) groups is 3. The van der Waals surface area contributed by atoms with Gasteiger partial charge in [-0.1, -0.05) is 19.8 Å². The average molecular weight is 361 g/mol. The lowest BCUT2D eigenvalue weighted by molar-refractivity contribution is -0.141. The Morgan fingerprint density at radius 2 is 2.24 bits per heavy atom. The van der Waals surface area contributed by atoms with Gasteiger partial charge in [0.2, 0.25) is 5.91 Å². The van der Waals surface area contributed by atoms with Gasteiger partial charge >= 0.3 is 6.03 Å². The summed E-state index contributed by atoms with van der Waals surface area (Å²) in [6, 6.07) is 1.63. The third-order valence-electron chi connectivity index (χ3n) is 5.96. The molecule has 1 N–H and O–H groups in total. The van der Waals surface area contributed by atoms with E-state index in [-0.39, 0.29) is 24.3 Å². The molecule has 1 aromatic rings. The van der Waals surface area contributed by atoms with Gasteiger partial charge in [-0.05, 0) is 42.2 Å². The number of carbonyl (C=O) groups excluding carboxylic acids is 3. The van der Waals surface area contributed by atoms with E-state index in [1.165, 1.54) is 10.4 Å². The first kappa shape index (κ1) is 16.6. The van der Waals surface area contributed by atoms with E-state index < -0.39 is 11.6 Å². The average Bonchev–Trinajstić information content (AvgIpc) is 3.16. The van der Waals surface area contributed by atoms with Crippen LogP contribution in [0.15, 0.2) is 11.4 Å². The molecule has 3 heterocycles. The number of urea groups is 1. The fourth-order valence-corrected chi connectivity index (χ4v) is 5.23.